The molecule has 1 amide bonds. The highest BCUT2D eigenvalue weighted by atomic mass is 16.6. The number of rotatable bonds is 5. The molecule has 0 atom stereocenters. The van der Waals surface area contributed by atoms with Crippen LogP contribution in [0.5, 0.6) is 5.75 Å². The van der Waals surface area contributed by atoms with E-state index in [1.54, 1.807) is 25.3 Å². The van der Waals surface area contributed by atoms with Crippen LogP contribution in [0.1, 0.15) is 38.3 Å². The van der Waals surface area contributed by atoms with Gasteiger partial charge in [-0.15, -0.1) is 0 Å². The van der Waals surface area contributed by atoms with E-state index in [9.17, 15) is 4.79 Å². The first-order chi connectivity index (χ1) is 10.4. The third-order valence-electron chi connectivity index (χ3n) is 2.64. The molecule has 0 saturated carbocycles. The van der Waals surface area contributed by atoms with E-state index in [-0.39, 0.29) is 0 Å². The van der Waals surface area contributed by atoms with Crippen molar-refractivity contribution in [3.05, 3.63) is 35.4 Å². The van der Waals surface area contributed by atoms with Gasteiger partial charge in [0.15, 0.2) is 0 Å². The summed E-state index contributed by atoms with van der Waals surface area (Å²) in [5.74, 6) is 0.704. The van der Waals surface area contributed by atoms with Crippen molar-refractivity contribution in [2.45, 2.75) is 32.8 Å². The van der Waals surface area contributed by atoms with Crippen molar-refractivity contribution in [3.8, 4) is 11.8 Å². The molecular weight excluding hydrogens is 280 g/mol. The maximum atomic E-state index is 11.5. The quantitative estimate of drug-likeness (QED) is 0.845. The minimum Gasteiger partial charge on any atom is -0.496 e. The number of nitrogens with one attached hydrogen (secondary N) is 1. The van der Waals surface area contributed by atoms with E-state index in [1.165, 1.54) is 0 Å². The van der Waals surface area contributed by atoms with Crippen molar-refractivity contribution in [1.82, 2.24) is 5.32 Å². The number of carbonyl (C=O) groups excluding carboxylic acids is 1. The summed E-state index contributed by atoms with van der Waals surface area (Å²) in [7, 11) is 1.59. The predicted octanol–water partition coefficient (Wildman–Crippen LogP) is 3.49. The molecule has 0 aromatic heterocycles. The molecule has 1 aromatic rings. The SMILES string of the molecule is COc1ccc(C#N)cc1C=CCCNC(=O)OC(C)(C)C. The number of hydrogen-bond acceptors (Lipinski definition) is 4. The second-order valence-corrected chi connectivity index (χ2v) is 5.69. The Balaban J connectivity index is 2.50. The number of alkyl carbamates (subject to hydrolysis) is 1. The van der Waals surface area contributed by atoms with Gasteiger partial charge in [0.05, 0.1) is 18.7 Å². The van der Waals surface area contributed by atoms with Crippen LogP contribution in [-0.2, 0) is 4.74 Å². The second-order valence-electron chi connectivity index (χ2n) is 5.69. The zero-order valence-electron chi connectivity index (χ0n) is 13.5. The molecule has 5 heteroatoms. The van der Waals surface area contributed by atoms with Gasteiger partial charge in [0.1, 0.15) is 11.4 Å². The molecule has 0 unspecified atom stereocenters. The number of nitrogens with zero attached hydrogens (tertiary/aromatic N) is 1. The third-order valence-corrected chi connectivity index (χ3v) is 2.64. The van der Waals surface area contributed by atoms with Crippen LogP contribution >= 0.6 is 0 Å². The monoisotopic (exact) mass is 302 g/mol. The topological polar surface area (TPSA) is 71.3 Å². The van der Waals surface area contributed by atoms with Gasteiger partial charge in [-0.25, -0.2) is 4.79 Å². The summed E-state index contributed by atoms with van der Waals surface area (Å²) < 4.78 is 10.4. The molecule has 0 aliphatic heterocycles. The van der Waals surface area contributed by atoms with Crippen LogP contribution < -0.4 is 10.1 Å². The molecule has 0 saturated heterocycles. The second kappa shape index (κ2) is 8.08. The minimum absolute atomic E-state index is 0.426. The van der Waals surface area contributed by atoms with Crippen LogP contribution in [0.3, 0.4) is 0 Å². The number of carbonyl (C=O) groups is 1. The molecule has 0 bridgehead atoms. The Hall–Kier alpha value is -2.48. The Kier molecular flexibility index (Phi) is 6.46. The molecule has 1 rings (SSSR count). The first-order valence-electron chi connectivity index (χ1n) is 7.07. The van der Waals surface area contributed by atoms with E-state index in [0.717, 1.165) is 5.56 Å². The average molecular weight is 302 g/mol. The van der Waals surface area contributed by atoms with Crippen molar-refractivity contribution < 1.29 is 14.3 Å². The van der Waals surface area contributed by atoms with E-state index >= 15 is 0 Å². The molecule has 0 fully saturated rings. The van der Waals surface area contributed by atoms with E-state index in [0.29, 0.717) is 24.3 Å². The lowest BCUT2D eigenvalue weighted by atomic mass is 10.1. The number of hydrogen-bond donors (Lipinski definition) is 1. The van der Waals surface area contributed by atoms with Crippen LogP contribution in [0, 0.1) is 11.3 Å². The zero-order valence-corrected chi connectivity index (χ0v) is 13.5. The highest BCUT2D eigenvalue weighted by molar-refractivity contribution is 5.67. The lowest BCUT2D eigenvalue weighted by Crippen LogP contribution is -2.32. The van der Waals surface area contributed by atoms with Crippen molar-refractivity contribution >= 4 is 12.2 Å². The number of nitriles is 1. The minimum atomic E-state index is -0.495. The number of benzene rings is 1. The number of amides is 1. The largest absolute Gasteiger partial charge is 0.496 e. The summed E-state index contributed by atoms with van der Waals surface area (Å²) >= 11 is 0. The van der Waals surface area contributed by atoms with Gasteiger partial charge in [0, 0.05) is 12.1 Å². The van der Waals surface area contributed by atoms with E-state index in [1.807, 2.05) is 32.9 Å². The van der Waals surface area contributed by atoms with Crippen molar-refractivity contribution in [3.63, 3.8) is 0 Å². The van der Waals surface area contributed by atoms with Crippen LogP contribution in [0.2, 0.25) is 0 Å². The van der Waals surface area contributed by atoms with Gasteiger partial charge in [-0.3, -0.25) is 0 Å². The fraction of sp³-hybridized carbons (Fsp3) is 0.412. The molecule has 118 valence electrons. The summed E-state index contributed by atoms with van der Waals surface area (Å²) in [6.07, 6.45) is 4.01. The summed E-state index contributed by atoms with van der Waals surface area (Å²) in [6.45, 7) is 5.94. The third kappa shape index (κ3) is 6.31. The highest BCUT2D eigenvalue weighted by Crippen LogP contribution is 2.21. The highest BCUT2D eigenvalue weighted by Gasteiger charge is 2.15. The molecule has 22 heavy (non-hydrogen) atoms. The van der Waals surface area contributed by atoms with Crippen LogP contribution in [0.25, 0.3) is 6.08 Å². The van der Waals surface area contributed by atoms with Crippen LogP contribution in [0.4, 0.5) is 4.79 Å². The van der Waals surface area contributed by atoms with Gasteiger partial charge < -0.3 is 14.8 Å². The summed E-state index contributed by atoms with van der Waals surface area (Å²) in [6, 6.07) is 7.32. The van der Waals surface area contributed by atoms with E-state index in [2.05, 4.69) is 11.4 Å². The normalized spacial score (nSPS) is 11.0. The molecular formula is C17H22N2O3. The Labute approximate surface area is 131 Å². The van der Waals surface area contributed by atoms with Gasteiger partial charge in [0.25, 0.3) is 0 Å². The maximum absolute atomic E-state index is 11.5. The Bertz CT molecular complexity index is 581. The lowest BCUT2D eigenvalue weighted by Gasteiger charge is -2.19. The predicted molar refractivity (Wildman–Crippen MR) is 85.6 cm³/mol. The van der Waals surface area contributed by atoms with Crippen LogP contribution in [0.15, 0.2) is 24.3 Å². The summed E-state index contributed by atoms with van der Waals surface area (Å²) in [5, 5.41) is 11.6. The van der Waals surface area contributed by atoms with E-state index in [4.69, 9.17) is 14.7 Å². The molecule has 1 N–H and O–H groups in total. The summed E-state index contributed by atoms with van der Waals surface area (Å²) in [5.41, 5.74) is 0.913. The molecule has 0 radical (unpaired) electrons. The average Bonchev–Trinajstić information content (AvgIpc) is 2.44. The van der Waals surface area contributed by atoms with Gasteiger partial charge in [-0.2, -0.15) is 5.26 Å². The van der Waals surface area contributed by atoms with Gasteiger partial charge in [0.2, 0.25) is 0 Å². The Morgan fingerprint density at radius 2 is 2.14 bits per heavy atom. The Morgan fingerprint density at radius 1 is 1.41 bits per heavy atom. The fourth-order valence-corrected chi connectivity index (χ4v) is 1.72. The smallest absolute Gasteiger partial charge is 0.407 e. The van der Waals surface area contributed by atoms with Gasteiger partial charge in [-0.1, -0.05) is 12.2 Å². The standard InChI is InChI=1S/C17H22N2O3/c1-17(2,3)22-16(20)19-10-6-5-7-14-11-13(12-18)8-9-15(14)21-4/h5,7-9,11H,6,10H2,1-4H3,(H,19,20). The Morgan fingerprint density at radius 3 is 2.73 bits per heavy atom. The van der Waals surface area contributed by atoms with Crippen molar-refractivity contribution in [2.24, 2.45) is 0 Å². The lowest BCUT2D eigenvalue weighted by molar-refractivity contribution is 0.0529. The number of methoxy groups -OCH3 is 1. The summed E-state index contributed by atoms with van der Waals surface area (Å²) in [4.78, 5) is 11.5. The van der Waals surface area contributed by atoms with Gasteiger partial charge >= 0.3 is 6.09 Å². The van der Waals surface area contributed by atoms with Gasteiger partial charge in [-0.05, 0) is 45.4 Å². The number of ether oxygens (including phenoxy) is 2. The molecule has 0 spiro atoms. The molecule has 0 heterocycles. The molecule has 5 nitrogen and oxygen atoms in total. The van der Waals surface area contributed by atoms with E-state index < -0.39 is 11.7 Å². The first-order valence-corrected chi connectivity index (χ1v) is 7.07. The van der Waals surface area contributed by atoms with Crippen molar-refractivity contribution in [1.29, 1.82) is 5.26 Å². The fourth-order valence-electron chi connectivity index (χ4n) is 1.72. The zero-order chi connectivity index (χ0) is 16.6. The van der Waals surface area contributed by atoms with Crippen LogP contribution in [-0.4, -0.2) is 25.3 Å². The first kappa shape index (κ1) is 17.6. The maximum Gasteiger partial charge on any atom is 0.407 e. The molecule has 0 aliphatic rings. The molecule has 0 aliphatic carbocycles. The molecule has 1 aromatic carbocycles. The van der Waals surface area contributed by atoms with Crippen molar-refractivity contribution in [2.75, 3.05) is 13.7 Å².